The number of fused-ring (bicyclic) bond motifs is 1. The van der Waals surface area contributed by atoms with Gasteiger partial charge in [0.1, 0.15) is 0 Å². The molecule has 8 nitrogen and oxygen atoms in total. The molecule has 0 saturated carbocycles. The number of rotatable bonds is 5. The molecule has 0 amide bonds. The summed E-state index contributed by atoms with van der Waals surface area (Å²) in [6.07, 6.45) is 10.9. The molecule has 0 unspecified atom stereocenters. The van der Waals surface area contributed by atoms with Crippen LogP contribution < -0.4 is 11.2 Å². The molecule has 3 aromatic heterocycles. The minimum atomic E-state index is -0.455. The van der Waals surface area contributed by atoms with E-state index in [4.69, 9.17) is 4.74 Å². The normalized spacial score (nSPS) is 23.0. The van der Waals surface area contributed by atoms with Crippen LogP contribution in [-0.2, 0) is 11.2 Å². The van der Waals surface area contributed by atoms with Crippen molar-refractivity contribution in [2.75, 3.05) is 26.3 Å². The van der Waals surface area contributed by atoms with E-state index in [2.05, 4.69) is 34.0 Å². The molecule has 8 heteroatoms. The van der Waals surface area contributed by atoms with Gasteiger partial charge in [0.25, 0.3) is 5.56 Å². The summed E-state index contributed by atoms with van der Waals surface area (Å²) in [5, 5.41) is 4.37. The largest absolute Gasteiger partial charge is 0.381 e. The molecule has 0 aromatic carbocycles. The Hall–Kier alpha value is -2.71. The topological polar surface area (TPSA) is 84.6 Å². The van der Waals surface area contributed by atoms with E-state index in [1.165, 1.54) is 54.6 Å². The summed E-state index contributed by atoms with van der Waals surface area (Å²) in [6.45, 7) is 6.57. The second-order valence-corrected chi connectivity index (χ2v) is 9.37. The maximum atomic E-state index is 12.3. The van der Waals surface area contributed by atoms with Gasteiger partial charge < -0.3 is 9.64 Å². The molecule has 2 aliphatic heterocycles. The van der Waals surface area contributed by atoms with Crippen molar-refractivity contribution in [1.29, 1.82) is 0 Å². The fraction of sp³-hybridized carbons (Fsp3) is 0.542. The monoisotopic (exact) mass is 437 g/mol. The molecule has 0 radical (unpaired) electrons. The lowest BCUT2D eigenvalue weighted by Crippen LogP contribution is -2.44. The standard InChI is InChI=1S/C24H31N5O3/c1-17-12-19(2-7-27(17)16-18-5-10-32-11-6-18)13-20-3-9-29-21(14-20)22(15-25-29)28-8-4-23(30)26-24(28)31/h3-4,8-9,14-15,17-19H,2,5-7,10-13,16H2,1H3,(H,26,30,31)/t17-,19+/m1/s1. The van der Waals surface area contributed by atoms with E-state index < -0.39 is 11.2 Å². The Morgan fingerprint density at radius 2 is 1.97 bits per heavy atom. The first kappa shape index (κ1) is 21.2. The lowest BCUT2D eigenvalue weighted by Gasteiger charge is -2.40. The lowest BCUT2D eigenvalue weighted by atomic mass is 9.85. The van der Waals surface area contributed by atoms with Gasteiger partial charge >= 0.3 is 5.69 Å². The van der Waals surface area contributed by atoms with E-state index in [1.54, 1.807) is 10.7 Å². The number of H-pyrrole nitrogens is 1. The summed E-state index contributed by atoms with van der Waals surface area (Å²) in [5.74, 6) is 1.43. The highest BCUT2D eigenvalue weighted by Gasteiger charge is 2.28. The average Bonchev–Trinajstić information content (AvgIpc) is 3.19. The molecule has 5 rings (SSSR count). The number of aromatic amines is 1. The van der Waals surface area contributed by atoms with Gasteiger partial charge in [-0.15, -0.1) is 0 Å². The molecule has 0 bridgehead atoms. The number of ether oxygens (including phenoxy) is 1. The van der Waals surface area contributed by atoms with Gasteiger partial charge in [-0.2, -0.15) is 5.10 Å². The van der Waals surface area contributed by atoms with Gasteiger partial charge in [0.15, 0.2) is 0 Å². The summed E-state index contributed by atoms with van der Waals surface area (Å²) in [5.41, 5.74) is 1.94. The van der Waals surface area contributed by atoms with Crippen molar-refractivity contribution in [1.82, 2.24) is 24.1 Å². The van der Waals surface area contributed by atoms with E-state index in [-0.39, 0.29) is 0 Å². The van der Waals surface area contributed by atoms with Gasteiger partial charge in [0.05, 0.1) is 17.4 Å². The fourth-order valence-electron chi connectivity index (χ4n) is 5.30. The first-order valence-electron chi connectivity index (χ1n) is 11.7. The van der Waals surface area contributed by atoms with Crippen molar-refractivity contribution in [3.63, 3.8) is 0 Å². The summed E-state index contributed by atoms with van der Waals surface area (Å²) < 4.78 is 8.72. The van der Waals surface area contributed by atoms with Gasteiger partial charge in [-0.25, -0.2) is 9.31 Å². The van der Waals surface area contributed by atoms with E-state index in [0.717, 1.165) is 37.6 Å². The van der Waals surface area contributed by atoms with Crippen LogP contribution in [0, 0.1) is 11.8 Å². The molecule has 32 heavy (non-hydrogen) atoms. The number of hydrogen-bond donors (Lipinski definition) is 1. The van der Waals surface area contributed by atoms with E-state index in [0.29, 0.717) is 17.6 Å². The van der Waals surface area contributed by atoms with Crippen molar-refractivity contribution < 1.29 is 4.74 Å². The first-order chi connectivity index (χ1) is 15.6. The maximum absolute atomic E-state index is 12.3. The quantitative estimate of drug-likeness (QED) is 0.662. The third-order valence-electron chi connectivity index (χ3n) is 7.13. The number of nitrogens with one attached hydrogen (secondary N) is 1. The van der Waals surface area contributed by atoms with Crippen molar-refractivity contribution in [2.45, 2.75) is 45.1 Å². The molecule has 0 spiro atoms. The molecular weight excluding hydrogens is 406 g/mol. The van der Waals surface area contributed by atoms with E-state index in [9.17, 15) is 9.59 Å². The van der Waals surface area contributed by atoms with Crippen LogP contribution in [0.5, 0.6) is 0 Å². The highest BCUT2D eigenvalue weighted by atomic mass is 16.5. The van der Waals surface area contributed by atoms with Crippen molar-refractivity contribution in [2.24, 2.45) is 11.8 Å². The average molecular weight is 438 g/mol. The Labute approximate surface area is 186 Å². The minimum absolute atomic E-state index is 0.402. The molecule has 2 aliphatic rings. The van der Waals surface area contributed by atoms with Gasteiger partial charge in [-0.05, 0) is 75.1 Å². The first-order valence-corrected chi connectivity index (χ1v) is 11.7. The molecule has 2 atom stereocenters. The van der Waals surface area contributed by atoms with Crippen molar-refractivity contribution in [3.05, 3.63) is 63.2 Å². The Morgan fingerprint density at radius 1 is 1.12 bits per heavy atom. The van der Waals surface area contributed by atoms with Crippen LogP contribution in [0.15, 0.2) is 46.4 Å². The SMILES string of the molecule is C[C@@H]1C[C@@H](Cc2ccn3ncc(-n4ccc(=O)[nH]c4=O)c3c2)CCN1CC1CCOCC1. The summed E-state index contributed by atoms with van der Waals surface area (Å²) in [7, 11) is 0. The van der Waals surface area contributed by atoms with E-state index in [1.807, 2.05) is 6.20 Å². The number of hydrogen-bond acceptors (Lipinski definition) is 5. The van der Waals surface area contributed by atoms with Gasteiger partial charge in [0, 0.05) is 44.3 Å². The van der Waals surface area contributed by atoms with Crippen LogP contribution in [0.1, 0.15) is 38.2 Å². The molecule has 1 N–H and O–H groups in total. The van der Waals surface area contributed by atoms with Crippen molar-refractivity contribution >= 4 is 5.52 Å². The minimum Gasteiger partial charge on any atom is -0.381 e. The van der Waals surface area contributed by atoms with Crippen LogP contribution in [0.3, 0.4) is 0 Å². The van der Waals surface area contributed by atoms with Gasteiger partial charge in [0.2, 0.25) is 0 Å². The highest BCUT2D eigenvalue weighted by Crippen LogP contribution is 2.29. The van der Waals surface area contributed by atoms with E-state index >= 15 is 0 Å². The summed E-state index contributed by atoms with van der Waals surface area (Å²) in [4.78, 5) is 28.7. The molecule has 5 heterocycles. The Morgan fingerprint density at radius 3 is 2.75 bits per heavy atom. The predicted octanol–water partition coefficient (Wildman–Crippen LogP) is 2.24. The zero-order valence-electron chi connectivity index (χ0n) is 18.6. The Kier molecular flexibility index (Phi) is 5.97. The smallest absolute Gasteiger partial charge is 0.333 e. The number of pyridine rings is 1. The molecule has 3 aromatic rings. The molecule has 2 fully saturated rings. The molecule has 170 valence electrons. The van der Waals surface area contributed by atoms with Crippen LogP contribution in [0.2, 0.25) is 0 Å². The van der Waals surface area contributed by atoms with Gasteiger partial charge in [-0.1, -0.05) is 0 Å². The summed E-state index contributed by atoms with van der Waals surface area (Å²) in [6, 6.07) is 6.20. The number of aromatic nitrogens is 4. The van der Waals surface area contributed by atoms with Crippen LogP contribution in [0.25, 0.3) is 11.2 Å². The zero-order chi connectivity index (χ0) is 22.1. The Bertz CT molecular complexity index is 1190. The number of nitrogens with zero attached hydrogens (tertiary/aromatic N) is 4. The molecule has 2 saturated heterocycles. The maximum Gasteiger partial charge on any atom is 0.333 e. The van der Waals surface area contributed by atoms with Gasteiger partial charge in [-0.3, -0.25) is 14.3 Å². The highest BCUT2D eigenvalue weighted by molar-refractivity contribution is 5.64. The second-order valence-electron chi connectivity index (χ2n) is 9.37. The lowest BCUT2D eigenvalue weighted by molar-refractivity contribution is 0.0347. The third kappa shape index (κ3) is 4.42. The summed E-state index contributed by atoms with van der Waals surface area (Å²) >= 11 is 0. The molecular formula is C24H31N5O3. The van der Waals surface area contributed by atoms with Crippen LogP contribution in [-0.4, -0.2) is 56.4 Å². The number of likely N-dealkylation sites (tertiary alicyclic amines) is 1. The zero-order valence-corrected chi connectivity index (χ0v) is 18.6. The van der Waals surface area contributed by atoms with Crippen LogP contribution >= 0.6 is 0 Å². The van der Waals surface area contributed by atoms with Crippen molar-refractivity contribution in [3.8, 4) is 5.69 Å². The van der Waals surface area contributed by atoms with Crippen LogP contribution in [0.4, 0.5) is 0 Å². The predicted molar refractivity (Wildman–Crippen MR) is 122 cm³/mol. The fourth-order valence-corrected chi connectivity index (χ4v) is 5.30. The Balaban J connectivity index is 1.28. The number of piperidine rings is 1. The third-order valence-corrected chi connectivity index (χ3v) is 7.13. The second kappa shape index (κ2) is 9.03. The molecule has 0 aliphatic carbocycles.